The van der Waals surface area contributed by atoms with Crippen molar-refractivity contribution in [2.45, 2.75) is 26.4 Å². The molecule has 0 saturated carbocycles. The molecule has 154 valence electrons. The van der Waals surface area contributed by atoms with Crippen LogP contribution in [0.3, 0.4) is 0 Å². The van der Waals surface area contributed by atoms with Crippen molar-refractivity contribution in [2.75, 3.05) is 0 Å². The molecule has 4 rings (SSSR count). The van der Waals surface area contributed by atoms with Gasteiger partial charge in [0.1, 0.15) is 0 Å². The number of nitrogens with one attached hydrogen (secondary N) is 1. The first kappa shape index (κ1) is 20.8. The van der Waals surface area contributed by atoms with Gasteiger partial charge in [0.2, 0.25) is 0 Å². The highest BCUT2D eigenvalue weighted by atomic mass is 79.9. The predicted octanol–water partition coefficient (Wildman–Crippen LogP) is 5.52. The Morgan fingerprint density at radius 2 is 1.94 bits per heavy atom. The van der Waals surface area contributed by atoms with Crippen molar-refractivity contribution in [1.82, 2.24) is 15.1 Å². The van der Waals surface area contributed by atoms with E-state index in [9.17, 15) is 4.79 Å². The summed E-state index contributed by atoms with van der Waals surface area (Å²) in [6.07, 6.45) is 0. The van der Waals surface area contributed by atoms with Crippen LogP contribution in [0.5, 0.6) is 0 Å². The van der Waals surface area contributed by atoms with E-state index < -0.39 is 0 Å². The summed E-state index contributed by atoms with van der Waals surface area (Å²) in [4.78, 5) is 12.8. The number of nitrogens with zero attached hydrogens (tertiary/aromatic N) is 3. The Labute approximate surface area is 189 Å². The van der Waals surface area contributed by atoms with E-state index in [0.717, 1.165) is 32.2 Å². The molecule has 3 aromatic carbocycles. The fraction of sp³-hybridized carbons (Fsp3) is 0.160. The third-order valence-corrected chi connectivity index (χ3v) is 5.83. The molecule has 1 aromatic heterocycles. The van der Waals surface area contributed by atoms with Crippen LogP contribution in [0.2, 0.25) is 0 Å². The molecule has 0 aliphatic rings. The number of rotatable bonds is 5. The van der Waals surface area contributed by atoms with Crippen molar-refractivity contribution < 1.29 is 4.79 Å². The molecule has 0 saturated heterocycles. The average molecular weight is 473 g/mol. The number of halogens is 1. The van der Waals surface area contributed by atoms with Gasteiger partial charge in [0, 0.05) is 15.4 Å². The summed E-state index contributed by atoms with van der Waals surface area (Å²) in [5, 5.41) is 17.8. The van der Waals surface area contributed by atoms with Crippen LogP contribution < -0.4 is 5.32 Å². The topological polar surface area (TPSA) is 70.7 Å². The maximum atomic E-state index is 12.8. The van der Waals surface area contributed by atoms with Crippen LogP contribution in [-0.4, -0.2) is 15.7 Å². The Balaban J connectivity index is 1.56. The van der Waals surface area contributed by atoms with Crippen LogP contribution in [0.4, 0.5) is 0 Å². The molecule has 0 aliphatic carbocycles. The van der Waals surface area contributed by atoms with E-state index in [0.29, 0.717) is 17.7 Å². The minimum absolute atomic E-state index is 0.104. The van der Waals surface area contributed by atoms with Crippen molar-refractivity contribution in [3.63, 3.8) is 0 Å². The molecule has 0 fully saturated rings. The fourth-order valence-electron chi connectivity index (χ4n) is 3.63. The molecule has 1 atom stereocenters. The number of carbonyl (C=O) groups is 1. The quantitative estimate of drug-likeness (QED) is 0.415. The molecule has 0 spiro atoms. The zero-order valence-corrected chi connectivity index (χ0v) is 18.8. The van der Waals surface area contributed by atoms with Gasteiger partial charge in [-0.15, -0.1) is 0 Å². The second-order valence-electron chi connectivity index (χ2n) is 7.53. The molecule has 0 unspecified atom stereocenters. The first-order valence-electron chi connectivity index (χ1n) is 9.97. The lowest BCUT2D eigenvalue weighted by molar-refractivity contribution is 0.0940. The van der Waals surface area contributed by atoms with Crippen LogP contribution in [-0.2, 0) is 6.54 Å². The summed E-state index contributed by atoms with van der Waals surface area (Å²) in [7, 11) is 0. The molecular weight excluding hydrogens is 452 g/mol. The zero-order valence-electron chi connectivity index (χ0n) is 17.3. The van der Waals surface area contributed by atoms with Crippen LogP contribution in [0.15, 0.2) is 71.2 Å². The third kappa shape index (κ3) is 4.52. The van der Waals surface area contributed by atoms with Gasteiger partial charge in [0.25, 0.3) is 5.91 Å². The maximum absolute atomic E-state index is 12.8. The van der Waals surface area contributed by atoms with Gasteiger partial charge in [0.05, 0.1) is 35.4 Å². The van der Waals surface area contributed by atoms with Crippen molar-refractivity contribution in [2.24, 2.45) is 0 Å². The van der Waals surface area contributed by atoms with Gasteiger partial charge in [-0.05, 0) is 67.4 Å². The van der Waals surface area contributed by atoms with E-state index in [1.54, 1.807) is 6.07 Å². The lowest BCUT2D eigenvalue weighted by Gasteiger charge is -2.14. The number of benzene rings is 3. The Bertz CT molecular complexity index is 1300. The molecule has 0 bridgehead atoms. The molecule has 0 radical (unpaired) electrons. The normalized spacial score (nSPS) is 11.8. The van der Waals surface area contributed by atoms with E-state index in [4.69, 9.17) is 5.26 Å². The zero-order chi connectivity index (χ0) is 22.0. The van der Waals surface area contributed by atoms with Crippen LogP contribution in [0.25, 0.3) is 10.9 Å². The van der Waals surface area contributed by atoms with Crippen molar-refractivity contribution in [1.29, 1.82) is 5.26 Å². The van der Waals surface area contributed by atoms with E-state index in [2.05, 4.69) is 32.4 Å². The van der Waals surface area contributed by atoms with Crippen LogP contribution >= 0.6 is 15.9 Å². The molecule has 1 N–H and O–H groups in total. The molecular formula is C25H21BrN4O. The Morgan fingerprint density at radius 3 is 2.68 bits per heavy atom. The summed E-state index contributed by atoms with van der Waals surface area (Å²) in [5.74, 6) is -0.119. The molecule has 1 heterocycles. The largest absolute Gasteiger partial charge is 0.346 e. The number of nitriles is 1. The maximum Gasteiger partial charge on any atom is 0.251 e. The minimum Gasteiger partial charge on any atom is -0.346 e. The number of amides is 1. The Kier molecular flexibility index (Phi) is 5.88. The van der Waals surface area contributed by atoms with Crippen LogP contribution in [0.1, 0.15) is 45.7 Å². The highest BCUT2D eigenvalue weighted by molar-refractivity contribution is 9.10. The predicted molar refractivity (Wildman–Crippen MR) is 125 cm³/mol. The first-order valence-corrected chi connectivity index (χ1v) is 10.8. The number of aryl methyl sites for hydroxylation is 1. The smallest absolute Gasteiger partial charge is 0.251 e. The number of hydrogen-bond donors (Lipinski definition) is 1. The Hall–Kier alpha value is -3.43. The number of carbonyl (C=O) groups excluding carboxylic acids is 1. The van der Waals surface area contributed by atoms with Gasteiger partial charge in [-0.25, -0.2) is 0 Å². The number of fused-ring (bicyclic) bond motifs is 1. The van der Waals surface area contributed by atoms with Crippen molar-refractivity contribution in [3.8, 4) is 6.07 Å². The molecule has 0 aliphatic heterocycles. The van der Waals surface area contributed by atoms with Crippen molar-refractivity contribution >= 4 is 32.7 Å². The summed E-state index contributed by atoms with van der Waals surface area (Å²) in [6.45, 7) is 4.47. The lowest BCUT2D eigenvalue weighted by atomic mass is 10.1. The average Bonchev–Trinajstić information content (AvgIpc) is 3.08. The van der Waals surface area contributed by atoms with Gasteiger partial charge < -0.3 is 5.32 Å². The molecule has 5 nitrogen and oxygen atoms in total. The monoisotopic (exact) mass is 472 g/mol. The van der Waals surface area contributed by atoms with E-state index in [1.165, 1.54) is 0 Å². The highest BCUT2D eigenvalue weighted by Gasteiger charge is 2.15. The van der Waals surface area contributed by atoms with E-state index >= 15 is 0 Å². The lowest BCUT2D eigenvalue weighted by Crippen LogP contribution is -2.26. The number of aromatic nitrogens is 2. The van der Waals surface area contributed by atoms with Gasteiger partial charge in [-0.2, -0.15) is 10.4 Å². The molecule has 4 aromatic rings. The van der Waals surface area contributed by atoms with E-state index in [-0.39, 0.29) is 11.9 Å². The number of hydrogen-bond acceptors (Lipinski definition) is 3. The summed E-state index contributed by atoms with van der Waals surface area (Å²) in [6, 6.07) is 23.2. The molecule has 1 amide bonds. The second kappa shape index (κ2) is 8.75. The summed E-state index contributed by atoms with van der Waals surface area (Å²) < 4.78 is 2.92. The summed E-state index contributed by atoms with van der Waals surface area (Å²) in [5.41, 5.74) is 5.10. The highest BCUT2D eigenvalue weighted by Crippen LogP contribution is 2.22. The van der Waals surface area contributed by atoms with Gasteiger partial charge >= 0.3 is 0 Å². The standard InChI is InChI=1S/C25H21BrN4O/c1-16(20-6-9-22(26)10-7-20)28-25(31)21-8-11-24-23(13-21)17(2)29-30(24)15-19-5-3-4-18(12-19)14-27/h3-13,16H,15H2,1-2H3,(H,28,31)/t16-/m0/s1. The first-order chi connectivity index (χ1) is 14.9. The van der Waals surface area contributed by atoms with E-state index in [1.807, 2.05) is 79.2 Å². The molecule has 6 heteroatoms. The fourth-order valence-corrected chi connectivity index (χ4v) is 3.89. The second-order valence-corrected chi connectivity index (χ2v) is 8.45. The molecule has 31 heavy (non-hydrogen) atoms. The van der Waals surface area contributed by atoms with Gasteiger partial charge in [0.15, 0.2) is 0 Å². The van der Waals surface area contributed by atoms with Crippen LogP contribution in [0, 0.1) is 18.3 Å². The minimum atomic E-state index is -0.119. The van der Waals surface area contributed by atoms with Gasteiger partial charge in [-0.1, -0.05) is 40.2 Å². The third-order valence-electron chi connectivity index (χ3n) is 5.30. The Morgan fingerprint density at radius 1 is 1.16 bits per heavy atom. The van der Waals surface area contributed by atoms with Crippen molar-refractivity contribution in [3.05, 3.63) is 99.2 Å². The SMILES string of the molecule is Cc1nn(Cc2cccc(C#N)c2)c2ccc(C(=O)N[C@@H](C)c3ccc(Br)cc3)cc12. The van der Waals surface area contributed by atoms with Gasteiger partial charge in [-0.3, -0.25) is 9.48 Å². The summed E-state index contributed by atoms with van der Waals surface area (Å²) >= 11 is 3.43.